The van der Waals surface area contributed by atoms with Crippen molar-refractivity contribution in [3.8, 4) is 0 Å². The molecule has 1 aliphatic heterocycles. The molecule has 0 aliphatic carbocycles. The third kappa shape index (κ3) is 3.32. The molecule has 0 amide bonds. The van der Waals surface area contributed by atoms with Crippen LogP contribution in [0.2, 0.25) is 5.02 Å². The molecule has 3 rings (SSSR count). The monoisotopic (exact) mass is 315 g/mol. The molecule has 4 heteroatoms. The summed E-state index contributed by atoms with van der Waals surface area (Å²) < 4.78 is 5.27. The maximum absolute atomic E-state index is 12.4. The molecular formula is C18H18ClNO2. The highest BCUT2D eigenvalue weighted by Gasteiger charge is 2.47. The Morgan fingerprint density at radius 1 is 1.23 bits per heavy atom. The van der Waals surface area contributed by atoms with Gasteiger partial charge in [-0.3, -0.25) is 4.79 Å². The fraction of sp³-hybridized carbons (Fsp3) is 0.278. The largest absolute Gasteiger partial charge is 0.377 e. The molecule has 2 aromatic rings. The van der Waals surface area contributed by atoms with E-state index in [0.717, 1.165) is 11.3 Å². The molecule has 0 radical (unpaired) electrons. The minimum absolute atomic E-state index is 0.112. The molecule has 0 saturated carbocycles. The number of ether oxygens (including phenoxy) is 1. The van der Waals surface area contributed by atoms with Gasteiger partial charge in [0.1, 0.15) is 5.60 Å². The summed E-state index contributed by atoms with van der Waals surface area (Å²) in [7, 11) is 0. The van der Waals surface area contributed by atoms with E-state index in [1.807, 2.05) is 61.5 Å². The van der Waals surface area contributed by atoms with Crippen molar-refractivity contribution in [1.29, 1.82) is 0 Å². The number of anilines is 1. The van der Waals surface area contributed by atoms with Gasteiger partial charge in [-0.25, -0.2) is 0 Å². The number of hydrogen-bond donors (Lipinski definition) is 1. The van der Waals surface area contributed by atoms with Crippen LogP contribution in [0.15, 0.2) is 54.6 Å². The van der Waals surface area contributed by atoms with Gasteiger partial charge in [0, 0.05) is 6.42 Å². The smallest absolute Gasteiger partial charge is 0.169 e. The van der Waals surface area contributed by atoms with Crippen LogP contribution in [-0.2, 0) is 9.53 Å². The number of carbonyl (C=O) groups is 1. The fourth-order valence-corrected chi connectivity index (χ4v) is 2.56. The van der Waals surface area contributed by atoms with Gasteiger partial charge in [0.2, 0.25) is 0 Å². The Kier molecular flexibility index (Phi) is 4.19. The molecule has 1 N–H and O–H groups in total. The first kappa shape index (κ1) is 15.1. The van der Waals surface area contributed by atoms with E-state index in [9.17, 15) is 4.79 Å². The number of halogens is 1. The van der Waals surface area contributed by atoms with Gasteiger partial charge in [-0.1, -0.05) is 54.1 Å². The van der Waals surface area contributed by atoms with E-state index in [1.165, 1.54) is 0 Å². The van der Waals surface area contributed by atoms with Gasteiger partial charge in [0.15, 0.2) is 5.78 Å². The maximum Gasteiger partial charge on any atom is 0.169 e. The van der Waals surface area contributed by atoms with E-state index < -0.39 is 5.60 Å². The summed E-state index contributed by atoms with van der Waals surface area (Å²) in [5.74, 6) is 0.112. The zero-order valence-electron chi connectivity index (χ0n) is 12.4. The molecule has 2 aromatic carbocycles. The first-order valence-corrected chi connectivity index (χ1v) is 7.69. The Morgan fingerprint density at radius 2 is 1.86 bits per heavy atom. The van der Waals surface area contributed by atoms with Gasteiger partial charge in [-0.05, 0) is 24.6 Å². The molecule has 2 atom stereocenters. The molecule has 1 heterocycles. The van der Waals surface area contributed by atoms with Crippen LogP contribution in [0.1, 0.15) is 24.9 Å². The van der Waals surface area contributed by atoms with Crippen LogP contribution in [0.25, 0.3) is 0 Å². The van der Waals surface area contributed by atoms with Gasteiger partial charge in [0.05, 0.1) is 23.4 Å². The predicted octanol–water partition coefficient (Wildman–Crippen LogP) is 4.24. The highest BCUT2D eigenvalue weighted by molar-refractivity contribution is 6.33. The quantitative estimate of drug-likeness (QED) is 0.811. The molecule has 0 aromatic heterocycles. The minimum Gasteiger partial charge on any atom is -0.377 e. The topological polar surface area (TPSA) is 41.6 Å². The summed E-state index contributed by atoms with van der Waals surface area (Å²) in [6.07, 6.45) is 0.367. The van der Waals surface area contributed by atoms with Crippen LogP contribution in [-0.4, -0.2) is 18.0 Å². The highest BCUT2D eigenvalue weighted by atomic mass is 35.5. The Morgan fingerprint density at radius 3 is 2.50 bits per heavy atom. The molecule has 2 unspecified atom stereocenters. The summed E-state index contributed by atoms with van der Waals surface area (Å²) in [5.41, 5.74) is 1.28. The fourth-order valence-electron chi connectivity index (χ4n) is 2.37. The number of nitrogens with one attached hydrogen (secondary N) is 1. The summed E-state index contributed by atoms with van der Waals surface area (Å²) in [6, 6.07) is 17.3. The zero-order chi connectivity index (χ0) is 15.6. The lowest BCUT2D eigenvalue weighted by atomic mass is 9.95. The molecular weight excluding hydrogens is 298 g/mol. The zero-order valence-corrected chi connectivity index (χ0v) is 13.1. The van der Waals surface area contributed by atoms with Crippen LogP contribution < -0.4 is 5.32 Å². The summed E-state index contributed by atoms with van der Waals surface area (Å²) >= 11 is 6.22. The van der Waals surface area contributed by atoms with Crippen molar-refractivity contribution in [3.05, 3.63) is 65.2 Å². The molecule has 1 aliphatic rings. The van der Waals surface area contributed by atoms with Crippen LogP contribution in [0.3, 0.4) is 0 Å². The van der Waals surface area contributed by atoms with E-state index in [2.05, 4.69) is 5.32 Å². The number of rotatable bonds is 6. The first-order valence-electron chi connectivity index (χ1n) is 7.32. The maximum atomic E-state index is 12.4. The molecule has 1 fully saturated rings. The van der Waals surface area contributed by atoms with E-state index >= 15 is 0 Å². The van der Waals surface area contributed by atoms with Crippen LogP contribution in [0.4, 0.5) is 5.69 Å². The Bertz CT molecular complexity index is 668. The minimum atomic E-state index is -0.602. The van der Waals surface area contributed by atoms with Gasteiger partial charge in [-0.15, -0.1) is 0 Å². The van der Waals surface area contributed by atoms with Crippen molar-refractivity contribution in [2.24, 2.45) is 0 Å². The van der Waals surface area contributed by atoms with Gasteiger partial charge in [-0.2, -0.15) is 0 Å². The summed E-state index contributed by atoms with van der Waals surface area (Å²) in [4.78, 5) is 12.4. The average Bonchev–Trinajstić information content (AvgIpc) is 3.29. The number of hydrogen-bond acceptors (Lipinski definition) is 3. The predicted molar refractivity (Wildman–Crippen MR) is 88.2 cm³/mol. The number of carbonyl (C=O) groups excluding carboxylic acids is 1. The standard InChI is InChI=1S/C18H18ClNO2/c1-18(12-22-18)17(21)11-16(13-7-3-2-4-8-13)20-15-10-6-5-9-14(15)19/h2-10,16,20H,11-12H2,1H3. The number of Topliss-reactive ketones (excluding diaryl/α,β-unsaturated/α-hetero) is 1. The van der Waals surface area contributed by atoms with E-state index in [1.54, 1.807) is 0 Å². The Balaban J connectivity index is 1.83. The number of epoxide rings is 1. The summed E-state index contributed by atoms with van der Waals surface area (Å²) in [6.45, 7) is 2.35. The lowest BCUT2D eigenvalue weighted by Crippen LogP contribution is -2.25. The van der Waals surface area contributed by atoms with E-state index in [4.69, 9.17) is 16.3 Å². The highest BCUT2D eigenvalue weighted by Crippen LogP contribution is 2.33. The van der Waals surface area contributed by atoms with Crippen LogP contribution >= 0.6 is 11.6 Å². The lowest BCUT2D eigenvalue weighted by molar-refractivity contribution is -0.123. The molecule has 1 saturated heterocycles. The Hall–Kier alpha value is -1.84. The molecule has 0 spiro atoms. The van der Waals surface area contributed by atoms with Crippen LogP contribution in [0, 0.1) is 0 Å². The second-order valence-corrected chi connectivity index (χ2v) is 6.14. The summed E-state index contributed by atoms with van der Waals surface area (Å²) in [5, 5.41) is 4.03. The third-order valence-corrected chi connectivity index (χ3v) is 4.29. The van der Waals surface area contributed by atoms with Crippen molar-refractivity contribution in [3.63, 3.8) is 0 Å². The second-order valence-electron chi connectivity index (χ2n) is 5.73. The molecule has 114 valence electrons. The van der Waals surface area contributed by atoms with Gasteiger partial charge >= 0.3 is 0 Å². The number of para-hydroxylation sites is 1. The average molecular weight is 316 g/mol. The van der Waals surface area contributed by atoms with Crippen molar-refractivity contribution >= 4 is 23.1 Å². The van der Waals surface area contributed by atoms with Crippen molar-refractivity contribution in [2.45, 2.75) is 25.0 Å². The SMILES string of the molecule is CC1(C(=O)CC(Nc2ccccc2Cl)c2ccccc2)CO1. The lowest BCUT2D eigenvalue weighted by Gasteiger charge is -2.21. The first-order chi connectivity index (χ1) is 10.6. The second kappa shape index (κ2) is 6.11. The number of benzene rings is 2. The van der Waals surface area contributed by atoms with Crippen molar-refractivity contribution in [1.82, 2.24) is 0 Å². The van der Waals surface area contributed by atoms with Crippen molar-refractivity contribution in [2.75, 3.05) is 11.9 Å². The number of ketones is 1. The molecule has 3 nitrogen and oxygen atoms in total. The molecule has 22 heavy (non-hydrogen) atoms. The van der Waals surface area contributed by atoms with Gasteiger partial charge < -0.3 is 10.1 Å². The Labute approximate surface area is 135 Å². The van der Waals surface area contributed by atoms with E-state index in [-0.39, 0.29) is 11.8 Å². The van der Waals surface area contributed by atoms with E-state index in [0.29, 0.717) is 18.1 Å². The normalized spacial score (nSPS) is 21.2. The van der Waals surface area contributed by atoms with Crippen LogP contribution in [0.5, 0.6) is 0 Å². The third-order valence-electron chi connectivity index (χ3n) is 3.96. The van der Waals surface area contributed by atoms with Gasteiger partial charge in [0.25, 0.3) is 0 Å². The molecule has 0 bridgehead atoms. The van der Waals surface area contributed by atoms with Crippen molar-refractivity contribution < 1.29 is 9.53 Å².